The summed E-state index contributed by atoms with van der Waals surface area (Å²) in [5.41, 5.74) is 4.71. The van der Waals surface area contributed by atoms with E-state index in [4.69, 9.17) is 0 Å². The number of ether oxygens (including phenoxy) is 1. The number of rotatable bonds is 4. The Hall–Kier alpha value is -2.43. The van der Waals surface area contributed by atoms with Crippen LogP contribution in [0.1, 0.15) is 45.8 Å². The maximum absolute atomic E-state index is 11.4. The third-order valence-electron chi connectivity index (χ3n) is 4.62. The molecule has 0 radical (unpaired) electrons. The average molecular weight is 309 g/mol. The van der Waals surface area contributed by atoms with Gasteiger partial charge in [-0.3, -0.25) is 0 Å². The second-order valence-corrected chi connectivity index (χ2v) is 6.34. The number of carbonyl (C=O) groups is 1. The van der Waals surface area contributed by atoms with Crippen molar-refractivity contribution in [2.75, 3.05) is 12.4 Å². The van der Waals surface area contributed by atoms with Gasteiger partial charge in [-0.25, -0.2) is 14.8 Å². The van der Waals surface area contributed by atoms with Gasteiger partial charge in [0.2, 0.25) is 5.95 Å². The van der Waals surface area contributed by atoms with Gasteiger partial charge < -0.3 is 10.1 Å². The molecule has 1 fully saturated rings. The second kappa shape index (κ2) is 5.65. The fraction of sp³-hybridized carbons (Fsp3) is 0.389. The van der Waals surface area contributed by atoms with Crippen molar-refractivity contribution >= 4 is 11.9 Å². The van der Waals surface area contributed by atoms with E-state index in [0.29, 0.717) is 17.6 Å². The number of methoxy groups -OCH3 is 1. The normalized spacial score (nSPS) is 19.3. The van der Waals surface area contributed by atoms with Crippen molar-refractivity contribution in [1.29, 1.82) is 0 Å². The Morgan fingerprint density at radius 1 is 1.17 bits per heavy atom. The van der Waals surface area contributed by atoms with Gasteiger partial charge in [-0.05, 0) is 48.3 Å². The Labute approximate surface area is 135 Å². The first-order chi connectivity index (χ1) is 11.2. The number of benzene rings is 1. The van der Waals surface area contributed by atoms with Gasteiger partial charge in [0.15, 0.2) is 0 Å². The Morgan fingerprint density at radius 3 is 2.61 bits per heavy atom. The van der Waals surface area contributed by atoms with E-state index in [2.05, 4.69) is 38.2 Å². The number of esters is 1. The Balaban J connectivity index is 1.43. The molecule has 5 heteroatoms. The molecular formula is C18H19N3O2. The first-order valence-corrected chi connectivity index (χ1v) is 8.01. The van der Waals surface area contributed by atoms with Crippen LogP contribution < -0.4 is 5.32 Å². The largest absolute Gasteiger partial charge is 0.465 e. The molecule has 0 aliphatic heterocycles. The number of aromatic nitrogens is 2. The topological polar surface area (TPSA) is 64.1 Å². The maximum atomic E-state index is 11.4. The minimum Gasteiger partial charge on any atom is -0.465 e. The first kappa shape index (κ1) is 14.2. The molecule has 5 nitrogen and oxygen atoms in total. The molecule has 0 amide bonds. The standard InChI is InChI=1S/C18H19N3O2/c1-23-17(22)15-9-19-18(20-10-15)21-16-7-13-5-4-12(11-2-3-11)6-14(13)8-16/h4-6,9-11,16H,2-3,7-8H2,1H3,(H,19,20,21). The van der Waals surface area contributed by atoms with Gasteiger partial charge in [0, 0.05) is 18.4 Å². The molecule has 1 N–H and O–H groups in total. The van der Waals surface area contributed by atoms with Crippen LogP contribution in [-0.4, -0.2) is 29.1 Å². The number of nitrogens with zero attached hydrogens (tertiary/aromatic N) is 2. The Bertz CT molecular complexity index is 738. The fourth-order valence-corrected chi connectivity index (χ4v) is 3.22. The molecule has 2 aliphatic rings. The molecule has 23 heavy (non-hydrogen) atoms. The predicted molar refractivity (Wildman–Crippen MR) is 86.6 cm³/mol. The van der Waals surface area contributed by atoms with Crippen molar-refractivity contribution in [3.05, 3.63) is 52.8 Å². The predicted octanol–water partition coefficient (Wildman–Crippen LogP) is 2.72. The molecule has 0 bridgehead atoms. The van der Waals surface area contributed by atoms with Crippen molar-refractivity contribution in [3.8, 4) is 0 Å². The maximum Gasteiger partial charge on any atom is 0.341 e. The van der Waals surface area contributed by atoms with Gasteiger partial charge in [0.05, 0.1) is 12.7 Å². The minimum absolute atomic E-state index is 0.309. The van der Waals surface area contributed by atoms with Gasteiger partial charge in [-0.1, -0.05) is 18.2 Å². The summed E-state index contributed by atoms with van der Waals surface area (Å²) in [7, 11) is 1.35. The van der Waals surface area contributed by atoms with Crippen LogP contribution in [0.2, 0.25) is 0 Å². The molecule has 2 aliphatic carbocycles. The summed E-state index contributed by atoms with van der Waals surface area (Å²) < 4.78 is 4.65. The average Bonchev–Trinajstić information content (AvgIpc) is 3.35. The summed E-state index contributed by atoms with van der Waals surface area (Å²) in [5, 5.41) is 3.36. The molecule has 1 atom stereocenters. The number of hydrogen-bond acceptors (Lipinski definition) is 5. The zero-order chi connectivity index (χ0) is 15.8. The van der Waals surface area contributed by atoms with E-state index >= 15 is 0 Å². The van der Waals surface area contributed by atoms with Gasteiger partial charge in [-0.15, -0.1) is 0 Å². The fourth-order valence-electron chi connectivity index (χ4n) is 3.22. The van der Waals surface area contributed by atoms with E-state index in [0.717, 1.165) is 18.8 Å². The first-order valence-electron chi connectivity index (χ1n) is 8.01. The zero-order valence-electron chi connectivity index (χ0n) is 13.1. The van der Waals surface area contributed by atoms with Crippen LogP contribution in [-0.2, 0) is 17.6 Å². The summed E-state index contributed by atoms with van der Waals surface area (Å²) >= 11 is 0. The van der Waals surface area contributed by atoms with E-state index in [1.54, 1.807) is 0 Å². The van der Waals surface area contributed by atoms with Gasteiger partial charge in [-0.2, -0.15) is 0 Å². The van der Waals surface area contributed by atoms with Crippen LogP contribution in [0, 0.1) is 0 Å². The van der Waals surface area contributed by atoms with Crippen molar-refractivity contribution in [2.24, 2.45) is 0 Å². The van der Waals surface area contributed by atoms with Gasteiger partial charge >= 0.3 is 5.97 Å². The van der Waals surface area contributed by atoms with Gasteiger partial charge in [0.25, 0.3) is 0 Å². The molecule has 1 saturated carbocycles. The number of anilines is 1. The lowest BCUT2D eigenvalue weighted by molar-refractivity contribution is 0.0600. The molecule has 1 aromatic carbocycles. The molecule has 1 aromatic heterocycles. The Morgan fingerprint density at radius 2 is 1.91 bits per heavy atom. The number of hydrogen-bond donors (Lipinski definition) is 1. The van der Waals surface area contributed by atoms with Crippen LogP contribution in [0.4, 0.5) is 5.95 Å². The number of carbonyl (C=O) groups excluding carboxylic acids is 1. The highest BCUT2D eigenvalue weighted by Crippen LogP contribution is 2.41. The SMILES string of the molecule is COC(=O)c1cnc(NC2Cc3ccc(C4CC4)cc3C2)nc1. The molecule has 2 aromatic rings. The number of nitrogens with one attached hydrogen (secondary N) is 1. The number of fused-ring (bicyclic) bond motifs is 1. The van der Waals surface area contributed by atoms with Crippen molar-refractivity contribution in [2.45, 2.75) is 37.6 Å². The zero-order valence-corrected chi connectivity index (χ0v) is 13.1. The second-order valence-electron chi connectivity index (χ2n) is 6.34. The Kier molecular flexibility index (Phi) is 3.48. The van der Waals surface area contributed by atoms with Gasteiger partial charge in [0.1, 0.15) is 0 Å². The monoisotopic (exact) mass is 309 g/mol. The van der Waals surface area contributed by atoms with E-state index in [1.165, 1.54) is 49.0 Å². The summed E-state index contributed by atoms with van der Waals surface area (Å²) in [6.07, 6.45) is 7.64. The molecule has 118 valence electrons. The van der Waals surface area contributed by atoms with Crippen molar-refractivity contribution in [1.82, 2.24) is 9.97 Å². The highest BCUT2D eigenvalue weighted by Gasteiger charge is 2.27. The summed E-state index contributed by atoms with van der Waals surface area (Å²) in [6.45, 7) is 0. The highest BCUT2D eigenvalue weighted by molar-refractivity contribution is 5.88. The molecular weight excluding hydrogens is 290 g/mol. The van der Waals surface area contributed by atoms with E-state index in [1.807, 2.05) is 0 Å². The summed E-state index contributed by atoms with van der Waals surface area (Å²) in [5.74, 6) is 0.928. The lowest BCUT2D eigenvalue weighted by Gasteiger charge is -2.11. The lowest BCUT2D eigenvalue weighted by Crippen LogP contribution is -2.21. The third kappa shape index (κ3) is 2.91. The minimum atomic E-state index is -0.419. The van der Waals surface area contributed by atoms with Crippen molar-refractivity contribution in [3.63, 3.8) is 0 Å². The van der Waals surface area contributed by atoms with Crippen LogP contribution in [0.3, 0.4) is 0 Å². The summed E-state index contributed by atoms with van der Waals surface area (Å²) in [6, 6.07) is 7.23. The highest BCUT2D eigenvalue weighted by atomic mass is 16.5. The molecule has 4 rings (SSSR count). The molecule has 0 spiro atoms. The molecule has 1 heterocycles. The van der Waals surface area contributed by atoms with Crippen LogP contribution >= 0.6 is 0 Å². The lowest BCUT2D eigenvalue weighted by atomic mass is 10.0. The van der Waals surface area contributed by atoms with Crippen LogP contribution in [0.15, 0.2) is 30.6 Å². The van der Waals surface area contributed by atoms with E-state index < -0.39 is 5.97 Å². The quantitative estimate of drug-likeness (QED) is 0.880. The molecule has 0 saturated heterocycles. The van der Waals surface area contributed by atoms with Crippen molar-refractivity contribution < 1.29 is 9.53 Å². The van der Waals surface area contributed by atoms with E-state index in [-0.39, 0.29) is 0 Å². The molecule has 1 unspecified atom stereocenters. The van der Waals surface area contributed by atoms with Crippen LogP contribution in [0.25, 0.3) is 0 Å². The van der Waals surface area contributed by atoms with Crippen LogP contribution in [0.5, 0.6) is 0 Å². The third-order valence-corrected chi connectivity index (χ3v) is 4.62. The smallest absolute Gasteiger partial charge is 0.341 e. The van der Waals surface area contributed by atoms with E-state index in [9.17, 15) is 4.79 Å². The summed E-state index contributed by atoms with van der Waals surface area (Å²) in [4.78, 5) is 19.8.